The van der Waals surface area contributed by atoms with Gasteiger partial charge < -0.3 is 4.74 Å². The number of benzene rings is 1. The van der Waals surface area contributed by atoms with E-state index in [0.717, 1.165) is 10.6 Å². The molecule has 0 atom stereocenters. The number of hydrogen-bond donors (Lipinski definition) is 0. The number of hydrogen-bond acceptors (Lipinski definition) is 3. The third-order valence-electron chi connectivity index (χ3n) is 1.99. The molecule has 1 heterocycles. The molecule has 1 aromatic carbocycles. The first kappa shape index (κ1) is 11.0. The van der Waals surface area contributed by atoms with E-state index >= 15 is 0 Å². The molecule has 1 aromatic heterocycles. The van der Waals surface area contributed by atoms with Crippen molar-refractivity contribution in [1.82, 2.24) is 4.98 Å². The van der Waals surface area contributed by atoms with Gasteiger partial charge in [-0.15, -0.1) is 11.8 Å². The number of halogens is 1. The fourth-order valence-electron chi connectivity index (χ4n) is 1.28. The number of pyridine rings is 1. The van der Waals surface area contributed by atoms with E-state index < -0.39 is 5.95 Å². The smallest absolute Gasteiger partial charge is 0.216 e. The maximum Gasteiger partial charge on any atom is 0.216 e. The summed E-state index contributed by atoms with van der Waals surface area (Å²) in [5.74, 6) is 0.633. The zero-order valence-electron chi connectivity index (χ0n) is 8.68. The molecule has 4 heteroatoms. The van der Waals surface area contributed by atoms with Crippen LogP contribution in [0.2, 0.25) is 0 Å². The Morgan fingerprint density at radius 2 is 2.06 bits per heavy atom. The van der Waals surface area contributed by atoms with Crippen molar-refractivity contribution in [3.63, 3.8) is 0 Å². The van der Waals surface area contributed by atoms with Gasteiger partial charge in [0, 0.05) is 17.2 Å². The third kappa shape index (κ3) is 2.52. The quantitative estimate of drug-likeness (QED) is 0.597. The van der Waals surface area contributed by atoms with Crippen molar-refractivity contribution in [2.75, 3.05) is 6.26 Å². The lowest BCUT2D eigenvalue weighted by atomic mass is 10.3. The van der Waals surface area contributed by atoms with Crippen molar-refractivity contribution in [2.24, 2.45) is 0 Å². The van der Waals surface area contributed by atoms with Gasteiger partial charge in [-0.2, -0.15) is 4.39 Å². The zero-order valence-corrected chi connectivity index (χ0v) is 9.50. The molecule has 0 amide bonds. The van der Waals surface area contributed by atoms with Crippen LogP contribution in [-0.4, -0.2) is 11.2 Å². The van der Waals surface area contributed by atoms with Crippen LogP contribution in [0.5, 0.6) is 11.5 Å². The predicted molar refractivity (Wildman–Crippen MR) is 62.5 cm³/mol. The summed E-state index contributed by atoms with van der Waals surface area (Å²) in [5, 5.41) is 0. The number of ether oxygens (including phenoxy) is 1. The first-order chi connectivity index (χ1) is 7.79. The predicted octanol–water partition coefficient (Wildman–Crippen LogP) is 3.73. The van der Waals surface area contributed by atoms with E-state index in [1.807, 2.05) is 30.5 Å². The van der Waals surface area contributed by atoms with Gasteiger partial charge in [0.2, 0.25) is 5.95 Å². The standard InChI is InChI=1S/C12H10FNOS/c1-16-11-5-3-2-4-10(11)15-9-6-7-14-12(13)8-9/h2-8H,1H3. The Morgan fingerprint density at radius 3 is 2.81 bits per heavy atom. The molecule has 0 N–H and O–H groups in total. The van der Waals surface area contributed by atoms with Gasteiger partial charge in [-0.1, -0.05) is 12.1 Å². The van der Waals surface area contributed by atoms with Crippen LogP contribution in [0.15, 0.2) is 47.5 Å². The fourth-order valence-corrected chi connectivity index (χ4v) is 1.80. The van der Waals surface area contributed by atoms with E-state index in [0.29, 0.717) is 5.75 Å². The molecule has 0 aliphatic heterocycles. The van der Waals surface area contributed by atoms with Gasteiger partial charge >= 0.3 is 0 Å². The second-order valence-corrected chi connectivity index (χ2v) is 3.92. The van der Waals surface area contributed by atoms with Crippen molar-refractivity contribution < 1.29 is 9.13 Å². The number of thioether (sulfide) groups is 1. The van der Waals surface area contributed by atoms with Crippen LogP contribution in [0.25, 0.3) is 0 Å². The zero-order chi connectivity index (χ0) is 11.4. The summed E-state index contributed by atoms with van der Waals surface area (Å²) in [4.78, 5) is 4.49. The van der Waals surface area contributed by atoms with Crippen LogP contribution in [0, 0.1) is 5.95 Å². The molecule has 0 aliphatic rings. The van der Waals surface area contributed by atoms with E-state index in [9.17, 15) is 4.39 Å². The van der Waals surface area contributed by atoms with Gasteiger partial charge in [-0.3, -0.25) is 0 Å². The molecule has 0 saturated heterocycles. The Hall–Kier alpha value is -1.55. The lowest BCUT2D eigenvalue weighted by Gasteiger charge is -2.08. The Morgan fingerprint density at radius 1 is 1.25 bits per heavy atom. The molecule has 0 bridgehead atoms. The van der Waals surface area contributed by atoms with Gasteiger partial charge in [0.1, 0.15) is 11.5 Å². The highest BCUT2D eigenvalue weighted by molar-refractivity contribution is 7.98. The van der Waals surface area contributed by atoms with Crippen molar-refractivity contribution in [1.29, 1.82) is 0 Å². The van der Waals surface area contributed by atoms with E-state index in [-0.39, 0.29) is 0 Å². The fraction of sp³-hybridized carbons (Fsp3) is 0.0833. The molecule has 2 rings (SSSR count). The van der Waals surface area contributed by atoms with Gasteiger partial charge in [0.05, 0.1) is 0 Å². The number of rotatable bonds is 3. The third-order valence-corrected chi connectivity index (χ3v) is 2.77. The van der Waals surface area contributed by atoms with E-state index in [2.05, 4.69) is 4.98 Å². The molecule has 0 spiro atoms. The van der Waals surface area contributed by atoms with E-state index in [4.69, 9.17) is 4.74 Å². The summed E-state index contributed by atoms with van der Waals surface area (Å²) in [5.41, 5.74) is 0. The van der Waals surface area contributed by atoms with Gasteiger partial charge in [0.15, 0.2) is 0 Å². The van der Waals surface area contributed by atoms with Gasteiger partial charge in [-0.25, -0.2) is 4.98 Å². The Kier molecular flexibility index (Phi) is 3.41. The summed E-state index contributed by atoms with van der Waals surface area (Å²) in [7, 11) is 0. The average Bonchev–Trinajstić information content (AvgIpc) is 2.30. The molecular formula is C12H10FNOS. The lowest BCUT2D eigenvalue weighted by molar-refractivity contribution is 0.462. The van der Waals surface area contributed by atoms with Crippen molar-refractivity contribution in [3.05, 3.63) is 48.5 Å². The van der Waals surface area contributed by atoms with Gasteiger partial charge in [0.25, 0.3) is 0 Å². The Labute approximate surface area is 97.5 Å². The molecule has 0 radical (unpaired) electrons. The highest BCUT2D eigenvalue weighted by Crippen LogP contribution is 2.30. The molecule has 0 saturated carbocycles. The number of nitrogens with zero attached hydrogens (tertiary/aromatic N) is 1. The Bertz CT molecular complexity index is 490. The summed E-state index contributed by atoms with van der Waals surface area (Å²) < 4.78 is 18.4. The topological polar surface area (TPSA) is 22.1 Å². The highest BCUT2D eigenvalue weighted by atomic mass is 32.2. The number of aromatic nitrogens is 1. The van der Waals surface area contributed by atoms with Crippen LogP contribution in [0.4, 0.5) is 4.39 Å². The van der Waals surface area contributed by atoms with Crippen LogP contribution in [0.3, 0.4) is 0 Å². The maximum atomic E-state index is 12.9. The summed E-state index contributed by atoms with van der Waals surface area (Å²) in [6.07, 6.45) is 3.35. The normalized spacial score (nSPS) is 10.1. The van der Waals surface area contributed by atoms with Crippen LogP contribution >= 0.6 is 11.8 Å². The minimum Gasteiger partial charge on any atom is -0.456 e. The molecule has 0 aliphatic carbocycles. The molecular weight excluding hydrogens is 225 g/mol. The minimum absolute atomic E-state index is 0.453. The van der Waals surface area contributed by atoms with Crippen molar-refractivity contribution in [3.8, 4) is 11.5 Å². The average molecular weight is 235 g/mol. The molecule has 2 nitrogen and oxygen atoms in total. The summed E-state index contributed by atoms with van der Waals surface area (Å²) >= 11 is 1.58. The molecule has 16 heavy (non-hydrogen) atoms. The van der Waals surface area contributed by atoms with E-state index in [1.54, 1.807) is 17.8 Å². The summed E-state index contributed by atoms with van der Waals surface area (Å²) in [6, 6.07) is 10.5. The molecule has 0 fully saturated rings. The van der Waals surface area contributed by atoms with Gasteiger partial charge in [-0.05, 0) is 24.5 Å². The number of para-hydroxylation sites is 1. The molecule has 82 valence electrons. The lowest BCUT2D eigenvalue weighted by Crippen LogP contribution is -1.88. The second kappa shape index (κ2) is 4.99. The van der Waals surface area contributed by atoms with E-state index in [1.165, 1.54) is 12.3 Å². The van der Waals surface area contributed by atoms with Crippen LogP contribution < -0.4 is 4.74 Å². The first-order valence-corrected chi connectivity index (χ1v) is 5.94. The van der Waals surface area contributed by atoms with Crippen LogP contribution in [0.1, 0.15) is 0 Å². The summed E-state index contributed by atoms with van der Waals surface area (Å²) in [6.45, 7) is 0. The second-order valence-electron chi connectivity index (χ2n) is 3.07. The van der Waals surface area contributed by atoms with Crippen molar-refractivity contribution >= 4 is 11.8 Å². The van der Waals surface area contributed by atoms with Crippen molar-refractivity contribution in [2.45, 2.75) is 4.90 Å². The monoisotopic (exact) mass is 235 g/mol. The van der Waals surface area contributed by atoms with Crippen LogP contribution in [-0.2, 0) is 0 Å². The maximum absolute atomic E-state index is 12.9. The SMILES string of the molecule is CSc1ccccc1Oc1ccnc(F)c1. The molecule has 2 aromatic rings. The highest BCUT2D eigenvalue weighted by Gasteiger charge is 2.03. The Balaban J connectivity index is 2.26. The largest absolute Gasteiger partial charge is 0.456 e. The first-order valence-electron chi connectivity index (χ1n) is 4.72. The molecule has 0 unspecified atom stereocenters. The minimum atomic E-state index is -0.542.